The van der Waals surface area contributed by atoms with Gasteiger partial charge in [-0.15, -0.1) is 0 Å². The fraction of sp³-hybridized carbons (Fsp3) is 0.692. The maximum absolute atomic E-state index is 12.0. The van der Waals surface area contributed by atoms with Gasteiger partial charge in [0.05, 0.1) is 6.10 Å². The molecule has 0 aromatic carbocycles. The average Bonchev–Trinajstić information content (AvgIpc) is 2.35. The molecular weight excluding hydrogens is 230 g/mol. The minimum absolute atomic E-state index is 0.0236. The van der Waals surface area contributed by atoms with E-state index in [4.69, 9.17) is 4.74 Å². The van der Waals surface area contributed by atoms with E-state index >= 15 is 0 Å². The number of nitrogens with one attached hydrogen (secondary N) is 1. The molecule has 2 atom stereocenters. The Labute approximate surface area is 107 Å². The Morgan fingerprint density at radius 1 is 1.61 bits per heavy atom. The number of aryl methyl sites for hydroxylation is 1. The van der Waals surface area contributed by atoms with Crippen molar-refractivity contribution >= 4 is 5.82 Å². The zero-order chi connectivity index (χ0) is 13.3. The quantitative estimate of drug-likeness (QED) is 0.881. The Morgan fingerprint density at radius 3 is 2.89 bits per heavy atom. The second-order valence-corrected chi connectivity index (χ2v) is 5.35. The van der Waals surface area contributed by atoms with Gasteiger partial charge in [-0.1, -0.05) is 13.8 Å². The molecule has 1 fully saturated rings. The molecule has 0 amide bonds. The highest BCUT2D eigenvalue weighted by molar-refractivity contribution is 5.35. The molecule has 1 aliphatic carbocycles. The van der Waals surface area contributed by atoms with Crippen LogP contribution >= 0.6 is 0 Å². The smallest absolute Gasteiger partial charge is 0.293 e. The second-order valence-electron chi connectivity index (χ2n) is 5.35. The lowest BCUT2D eigenvalue weighted by Crippen LogP contribution is -2.58. The molecule has 1 aromatic rings. The summed E-state index contributed by atoms with van der Waals surface area (Å²) >= 11 is 0. The van der Waals surface area contributed by atoms with Gasteiger partial charge in [0.25, 0.3) is 5.56 Å². The molecule has 0 aliphatic heterocycles. The number of hydrogen-bond donors (Lipinski definition) is 1. The number of methoxy groups -OCH3 is 1. The summed E-state index contributed by atoms with van der Waals surface area (Å²) in [5.41, 5.74) is -0.0351. The number of nitrogens with zero attached hydrogens (tertiary/aromatic N) is 2. The van der Waals surface area contributed by atoms with Gasteiger partial charge in [-0.3, -0.25) is 4.79 Å². The largest absolute Gasteiger partial charge is 0.381 e. The summed E-state index contributed by atoms with van der Waals surface area (Å²) in [5.74, 6) is 0.437. The summed E-state index contributed by atoms with van der Waals surface area (Å²) in [4.78, 5) is 16.2. The van der Waals surface area contributed by atoms with Crippen LogP contribution in [0.2, 0.25) is 0 Å². The molecule has 0 spiro atoms. The van der Waals surface area contributed by atoms with Crippen molar-refractivity contribution in [3.63, 3.8) is 0 Å². The number of anilines is 1. The van der Waals surface area contributed by atoms with E-state index in [0.717, 1.165) is 6.42 Å². The van der Waals surface area contributed by atoms with E-state index in [2.05, 4.69) is 24.1 Å². The first-order chi connectivity index (χ1) is 8.50. The summed E-state index contributed by atoms with van der Waals surface area (Å²) in [7, 11) is 1.73. The van der Waals surface area contributed by atoms with Crippen molar-refractivity contribution in [1.82, 2.24) is 9.55 Å². The van der Waals surface area contributed by atoms with Crippen molar-refractivity contribution in [2.24, 2.45) is 5.41 Å². The van der Waals surface area contributed by atoms with Gasteiger partial charge in [0.2, 0.25) is 0 Å². The summed E-state index contributed by atoms with van der Waals surface area (Å²) < 4.78 is 7.05. The first-order valence-corrected chi connectivity index (χ1v) is 6.35. The Morgan fingerprint density at radius 2 is 2.33 bits per heavy atom. The number of aromatic nitrogens is 2. The van der Waals surface area contributed by atoms with Gasteiger partial charge in [-0.2, -0.15) is 0 Å². The van der Waals surface area contributed by atoms with E-state index < -0.39 is 0 Å². The number of hydrogen-bond acceptors (Lipinski definition) is 4. The molecule has 2 rings (SSSR count). The van der Waals surface area contributed by atoms with Crippen molar-refractivity contribution in [2.45, 2.75) is 45.9 Å². The van der Waals surface area contributed by atoms with Crippen molar-refractivity contribution in [2.75, 3.05) is 12.4 Å². The van der Waals surface area contributed by atoms with Crippen LogP contribution in [0.1, 0.15) is 27.2 Å². The molecule has 100 valence electrons. The molecule has 5 nitrogen and oxygen atoms in total. The third-order valence-corrected chi connectivity index (χ3v) is 4.03. The molecule has 18 heavy (non-hydrogen) atoms. The van der Waals surface area contributed by atoms with Crippen LogP contribution in [0, 0.1) is 5.41 Å². The van der Waals surface area contributed by atoms with Crippen LogP contribution in [0.3, 0.4) is 0 Å². The molecule has 1 aliphatic rings. The maximum Gasteiger partial charge on any atom is 0.293 e. The second kappa shape index (κ2) is 4.72. The van der Waals surface area contributed by atoms with Crippen LogP contribution in [-0.2, 0) is 11.3 Å². The van der Waals surface area contributed by atoms with Gasteiger partial charge >= 0.3 is 0 Å². The first-order valence-electron chi connectivity index (χ1n) is 6.35. The van der Waals surface area contributed by atoms with Crippen LogP contribution < -0.4 is 10.9 Å². The van der Waals surface area contributed by atoms with E-state index in [-0.39, 0.29) is 23.1 Å². The minimum Gasteiger partial charge on any atom is -0.381 e. The van der Waals surface area contributed by atoms with Crippen molar-refractivity contribution in [3.8, 4) is 0 Å². The van der Waals surface area contributed by atoms with Crippen molar-refractivity contribution < 1.29 is 4.74 Å². The molecule has 1 heterocycles. The highest BCUT2D eigenvalue weighted by atomic mass is 16.5. The van der Waals surface area contributed by atoms with Gasteiger partial charge in [0.15, 0.2) is 5.82 Å². The summed E-state index contributed by atoms with van der Waals surface area (Å²) in [6.07, 6.45) is 4.52. The Kier molecular flexibility index (Phi) is 3.43. The first kappa shape index (κ1) is 13.1. The molecule has 1 aromatic heterocycles. The Hall–Kier alpha value is -1.36. The van der Waals surface area contributed by atoms with Gasteiger partial charge in [0.1, 0.15) is 0 Å². The van der Waals surface area contributed by atoms with Crippen LogP contribution in [0.15, 0.2) is 17.2 Å². The van der Waals surface area contributed by atoms with Crippen molar-refractivity contribution in [3.05, 3.63) is 22.7 Å². The number of rotatable bonds is 4. The van der Waals surface area contributed by atoms with Crippen LogP contribution in [0.5, 0.6) is 0 Å². The monoisotopic (exact) mass is 251 g/mol. The van der Waals surface area contributed by atoms with Crippen LogP contribution in [-0.4, -0.2) is 28.8 Å². The van der Waals surface area contributed by atoms with Gasteiger partial charge in [-0.05, 0) is 13.3 Å². The normalized spacial score (nSPS) is 25.6. The predicted molar refractivity (Wildman–Crippen MR) is 70.8 cm³/mol. The van der Waals surface area contributed by atoms with E-state index in [9.17, 15) is 4.79 Å². The number of ether oxygens (including phenoxy) is 1. The predicted octanol–water partition coefficient (Wildman–Crippen LogP) is 1.49. The van der Waals surface area contributed by atoms with Gasteiger partial charge in [0, 0.05) is 37.5 Å². The fourth-order valence-electron chi connectivity index (χ4n) is 2.49. The molecule has 0 saturated heterocycles. The van der Waals surface area contributed by atoms with E-state index in [1.165, 1.54) is 0 Å². The third-order valence-electron chi connectivity index (χ3n) is 4.03. The Bertz CT molecular complexity index is 481. The highest BCUT2D eigenvalue weighted by Gasteiger charge is 2.48. The zero-order valence-corrected chi connectivity index (χ0v) is 11.4. The van der Waals surface area contributed by atoms with Crippen LogP contribution in [0.25, 0.3) is 0 Å². The zero-order valence-electron chi connectivity index (χ0n) is 11.4. The Balaban J connectivity index is 2.15. The molecule has 2 unspecified atom stereocenters. The summed E-state index contributed by atoms with van der Waals surface area (Å²) in [6, 6.07) is 0.232. The molecule has 0 bridgehead atoms. The van der Waals surface area contributed by atoms with Crippen LogP contribution in [0.4, 0.5) is 5.82 Å². The standard InChI is InChI=1S/C13H21N3O2/c1-5-16-7-6-14-11(12(16)17)15-9-8-10(18-4)13(9,2)3/h6-7,9-10H,5,8H2,1-4H3,(H,14,15). The average molecular weight is 251 g/mol. The lowest BCUT2D eigenvalue weighted by Gasteiger charge is -2.51. The molecule has 1 saturated carbocycles. The molecule has 5 heteroatoms. The van der Waals surface area contributed by atoms with E-state index in [1.807, 2.05) is 6.92 Å². The lowest BCUT2D eigenvalue weighted by atomic mass is 9.64. The van der Waals surface area contributed by atoms with Gasteiger partial charge in [-0.25, -0.2) is 4.98 Å². The lowest BCUT2D eigenvalue weighted by molar-refractivity contribution is -0.0796. The summed E-state index contributed by atoms with van der Waals surface area (Å²) in [6.45, 7) is 6.89. The van der Waals surface area contributed by atoms with E-state index in [0.29, 0.717) is 12.4 Å². The van der Waals surface area contributed by atoms with E-state index in [1.54, 1.807) is 24.1 Å². The summed E-state index contributed by atoms with van der Waals surface area (Å²) in [5, 5.41) is 3.25. The maximum atomic E-state index is 12.0. The molecule has 1 N–H and O–H groups in total. The molecular formula is C13H21N3O2. The minimum atomic E-state index is -0.0586. The van der Waals surface area contributed by atoms with Crippen molar-refractivity contribution in [1.29, 1.82) is 0 Å². The van der Waals surface area contributed by atoms with Gasteiger partial charge < -0.3 is 14.6 Å². The topological polar surface area (TPSA) is 56.1 Å². The molecule has 0 radical (unpaired) electrons. The SMILES string of the molecule is CCn1ccnc(NC2CC(OC)C2(C)C)c1=O. The third kappa shape index (κ3) is 2.03. The fourth-order valence-corrected chi connectivity index (χ4v) is 2.49. The highest BCUT2D eigenvalue weighted by Crippen LogP contribution is 2.43.